The summed E-state index contributed by atoms with van der Waals surface area (Å²) in [5, 5.41) is 0.660. The number of carbonyl (C=O) groups is 1. The lowest BCUT2D eigenvalue weighted by Gasteiger charge is -2.40. The molecule has 1 aromatic heterocycles. The molecule has 2 aromatic rings. The molecule has 3 aliphatic heterocycles. The summed E-state index contributed by atoms with van der Waals surface area (Å²) in [7, 11) is 0. The number of rotatable bonds is 2. The lowest BCUT2D eigenvalue weighted by molar-refractivity contribution is -0.169. The number of carbonyl (C=O) groups excluding carboxylic acids is 1. The van der Waals surface area contributed by atoms with E-state index in [1.807, 2.05) is 0 Å². The van der Waals surface area contributed by atoms with Gasteiger partial charge >= 0.3 is 0 Å². The van der Waals surface area contributed by atoms with Crippen LogP contribution in [0.2, 0.25) is 0 Å². The van der Waals surface area contributed by atoms with Crippen molar-refractivity contribution in [1.82, 2.24) is 9.88 Å². The van der Waals surface area contributed by atoms with Crippen LogP contribution < -0.4 is 4.90 Å². The van der Waals surface area contributed by atoms with E-state index in [4.69, 9.17) is 14.2 Å². The van der Waals surface area contributed by atoms with Gasteiger partial charge in [-0.1, -0.05) is 0 Å². The van der Waals surface area contributed by atoms with Crippen LogP contribution in [0.5, 0.6) is 0 Å². The van der Waals surface area contributed by atoms with Gasteiger partial charge in [-0.2, -0.15) is 0 Å². The van der Waals surface area contributed by atoms with E-state index in [1.54, 1.807) is 17.2 Å². The highest BCUT2D eigenvalue weighted by molar-refractivity contribution is 6.07. The van der Waals surface area contributed by atoms with Crippen LogP contribution >= 0.6 is 0 Å². The van der Waals surface area contributed by atoms with Crippen LogP contribution in [0.4, 0.5) is 10.1 Å². The third kappa shape index (κ3) is 3.45. The topological polar surface area (TPSA) is 64.1 Å². The molecule has 0 aliphatic carbocycles. The summed E-state index contributed by atoms with van der Waals surface area (Å²) in [6.07, 6.45) is 3.04. The minimum absolute atomic E-state index is 0.0874. The average Bonchev–Trinajstić information content (AvgIpc) is 3.22. The first-order valence-corrected chi connectivity index (χ1v) is 10.1. The predicted molar refractivity (Wildman–Crippen MR) is 105 cm³/mol. The van der Waals surface area contributed by atoms with E-state index in [0.29, 0.717) is 81.9 Å². The standard InChI is InChI=1S/C21H24FN3O4/c22-15-1-2-18-16(13-15)19(24-5-3-21(4-6-24)28-11-12-29-21)17(14-23-18)20(26)25-7-9-27-10-8-25/h1-2,13-14H,3-12H2. The Kier molecular flexibility index (Phi) is 4.85. The highest BCUT2D eigenvalue weighted by Crippen LogP contribution is 2.37. The summed E-state index contributed by atoms with van der Waals surface area (Å²) in [5.74, 6) is -0.943. The van der Waals surface area contributed by atoms with Crippen molar-refractivity contribution in [3.05, 3.63) is 35.8 Å². The maximum Gasteiger partial charge on any atom is 0.257 e. The molecule has 0 atom stereocenters. The number of pyridine rings is 1. The number of piperidine rings is 1. The molecule has 1 amide bonds. The summed E-state index contributed by atoms with van der Waals surface area (Å²) in [5.41, 5.74) is 1.93. The predicted octanol–water partition coefficient (Wildman–Crippen LogP) is 2.19. The summed E-state index contributed by atoms with van der Waals surface area (Å²) in [6.45, 7) is 4.70. The van der Waals surface area contributed by atoms with Crippen LogP contribution in [0, 0.1) is 5.82 Å². The second kappa shape index (κ2) is 7.51. The molecule has 0 unspecified atom stereocenters. The normalized spacial score (nSPS) is 21.8. The maximum atomic E-state index is 14.1. The Balaban J connectivity index is 1.54. The molecule has 154 valence electrons. The number of morpholine rings is 1. The fourth-order valence-electron chi connectivity index (χ4n) is 4.44. The summed E-state index contributed by atoms with van der Waals surface area (Å²) in [6, 6.07) is 4.53. The molecule has 7 nitrogen and oxygen atoms in total. The van der Waals surface area contributed by atoms with E-state index in [-0.39, 0.29) is 11.7 Å². The first-order chi connectivity index (χ1) is 14.2. The fourth-order valence-corrected chi connectivity index (χ4v) is 4.44. The largest absolute Gasteiger partial charge is 0.378 e. The molecule has 0 N–H and O–H groups in total. The second-order valence-electron chi connectivity index (χ2n) is 7.68. The van der Waals surface area contributed by atoms with Crippen molar-refractivity contribution in [2.75, 3.05) is 57.5 Å². The van der Waals surface area contributed by atoms with Gasteiger partial charge < -0.3 is 24.0 Å². The van der Waals surface area contributed by atoms with Gasteiger partial charge in [0.05, 0.1) is 43.2 Å². The van der Waals surface area contributed by atoms with Gasteiger partial charge in [-0.3, -0.25) is 9.78 Å². The molecule has 29 heavy (non-hydrogen) atoms. The molecule has 1 spiro atoms. The van der Waals surface area contributed by atoms with E-state index in [2.05, 4.69) is 9.88 Å². The van der Waals surface area contributed by atoms with Crippen molar-refractivity contribution in [2.45, 2.75) is 18.6 Å². The smallest absolute Gasteiger partial charge is 0.257 e. The van der Waals surface area contributed by atoms with Gasteiger partial charge in [-0.25, -0.2) is 4.39 Å². The van der Waals surface area contributed by atoms with E-state index in [0.717, 1.165) is 5.69 Å². The Bertz CT molecular complexity index is 916. The van der Waals surface area contributed by atoms with Gasteiger partial charge in [0.25, 0.3) is 5.91 Å². The molecule has 0 saturated carbocycles. The van der Waals surface area contributed by atoms with Crippen LogP contribution in [0.1, 0.15) is 23.2 Å². The molecule has 3 saturated heterocycles. The van der Waals surface area contributed by atoms with Gasteiger partial charge in [0, 0.05) is 50.6 Å². The highest BCUT2D eigenvalue weighted by atomic mass is 19.1. The molecule has 0 radical (unpaired) electrons. The number of hydrogen-bond donors (Lipinski definition) is 0. The zero-order chi connectivity index (χ0) is 19.8. The number of benzene rings is 1. The van der Waals surface area contributed by atoms with Crippen molar-refractivity contribution < 1.29 is 23.4 Å². The lowest BCUT2D eigenvalue weighted by atomic mass is 10.00. The molecular weight excluding hydrogens is 377 g/mol. The minimum atomic E-state index is -0.515. The monoisotopic (exact) mass is 401 g/mol. The van der Waals surface area contributed by atoms with Gasteiger partial charge in [-0.15, -0.1) is 0 Å². The molecule has 0 bridgehead atoms. The number of halogens is 1. The average molecular weight is 401 g/mol. The number of anilines is 1. The number of aromatic nitrogens is 1. The fraction of sp³-hybridized carbons (Fsp3) is 0.524. The Labute approximate surface area is 168 Å². The Morgan fingerprint density at radius 3 is 2.48 bits per heavy atom. The molecule has 4 heterocycles. The second-order valence-corrected chi connectivity index (χ2v) is 7.68. The molecule has 5 rings (SSSR count). The zero-order valence-corrected chi connectivity index (χ0v) is 16.2. The molecule has 1 aromatic carbocycles. The van der Waals surface area contributed by atoms with Crippen molar-refractivity contribution in [3.8, 4) is 0 Å². The maximum absolute atomic E-state index is 14.1. The van der Waals surface area contributed by atoms with E-state index >= 15 is 0 Å². The Morgan fingerprint density at radius 2 is 1.76 bits per heavy atom. The number of hydrogen-bond acceptors (Lipinski definition) is 6. The van der Waals surface area contributed by atoms with Gasteiger partial charge in [0.15, 0.2) is 5.79 Å². The van der Waals surface area contributed by atoms with Crippen LogP contribution in [0.25, 0.3) is 10.9 Å². The van der Waals surface area contributed by atoms with E-state index < -0.39 is 5.79 Å². The van der Waals surface area contributed by atoms with Crippen molar-refractivity contribution in [3.63, 3.8) is 0 Å². The van der Waals surface area contributed by atoms with E-state index in [9.17, 15) is 9.18 Å². The summed E-state index contributed by atoms with van der Waals surface area (Å²) >= 11 is 0. The third-order valence-electron chi connectivity index (χ3n) is 5.99. The van der Waals surface area contributed by atoms with Crippen LogP contribution in [0.15, 0.2) is 24.4 Å². The van der Waals surface area contributed by atoms with Crippen molar-refractivity contribution in [2.24, 2.45) is 0 Å². The number of amides is 1. The summed E-state index contributed by atoms with van der Waals surface area (Å²) < 4.78 is 31.2. The lowest BCUT2D eigenvalue weighted by Crippen LogP contribution is -2.46. The molecule has 3 fully saturated rings. The highest BCUT2D eigenvalue weighted by Gasteiger charge is 2.40. The molecular formula is C21H24FN3O4. The Morgan fingerprint density at radius 1 is 1.03 bits per heavy atom. The third-order valence-corrected chi connectivity index (χ3v) is 5.99. The van der Waals surface area contributed by atoms with Crippen LogP contribution in [0.3, 0.4) is 0 Å². The van der Waals surface area contributed by atoms with Crippen LogP contribution in [-0.4, -0.2) is 74.2 Å². The van der Waals surface area contributed by atoms with Gasteiger partial charge in [0.2, 0.25) is 0 Å². The van der Waals surface area contributed by atoms with E-state index in [1.165, 1.54) is 12.1 Å². The zero-order valence-electron chi connectivity index (χ0n) is 16.2. The van der Waals surface area contributed by atoms with Crippen molar-refractivity contribution in [1.29, 1.82) is 0 Å². The molecule has 8 heteroatoms. The Hall–Kier alpha value is -2.29. The summed E-state index contributed by atoms with van der Waals surface area (Å²) in [4.78, 5) is 21.7. The number of fused-ring (bicyclic) bond motifs is 1. The van der Waals surface area contributed by atoms with Crippen molar-refractivity contribution >= 4 is 22.5 Å². The first kappa shape index (κ1) is 18.7. The van der Waals surface area contributed by atoms with Gasteiger partial charge in [-0.05, 0) is 18.2 Å². The van der Waals surface area contributed by atoms with Gasteiger partial charge in [0.1, 0.15) is 5.82 Å². The minimum Gasteiger partial charge on any atom is -0.378 e. The quantitative estimate of drug-likeness (QED) is 0.769. The van der Waals surface area contributed by atoms with Crippen LogP contribution in [-0.2, 0) is 14.2 Å². The molecule has 3 aliphatic rings. The number of ether oxygens (including phenoxy) is 3. The first-order valence-electron chi connectivity index (χ1n) is 10.1. The number of nitrogens with zero attached hydrogens (tertiary/aromatic N) is 3. The SMILES string of the molecule is O=C(c1cnc2ccc(F)cc2c1N1CCC2(CC1)OCCO2)N1CCOCC1.